The maximum absolute atomic E-state index is 12.5. The Balaban J connectivity index is 3.31. The van der Waals surface area contributed by atoms with Gasteiger partial charge in [-0.25, -0.2) is 0 Å². The van der Waals surface area contributed by atoms with Crippen LogP contribution in [-0.2, 0) is 14.3 Å². The minimum Gasteiger partial charge on any atom is -0.466 e. The Bertz CT molecular complexity index is 1370. The zero-order chi connectivity index (χ0) is 64.9. The fourth-order valence-corrected chi connectivity index (χ4v) is 13.7. The third kappa shape index (κ3) is 75.6. The summed E-state index contributed by atoms with van der Waals surface area (Å²) >= 11 is 0. The topological polar surface area (TPSA) is 95.9 Å². The van der Waals surface area contributed by atoms with Crippen LogP contribution in [0.15, 0.2) is 12.2 Å². The zero-order valence-corrected chi connectivity index (χ0v) is 61.7. The van der Waals surface area contributed by atoms with Crippen LogP contribution in [0.4, 0.5) is 0 Å². The molecule has 0 rings (SSSR count). The van der Waals surface area contributed by atoms with Gasteiger partial charge in [0.15, 0.2) is 0 Å². The van der Waals surface area contributed by atoms with Gasteiger partial charge >= 0.3 is 5.97 Å². The van der Waals surface area contributed by atoms with Crippen LogP contribution in [0, 0.1) is 0 Å². The molecule has 0 aromatic carbocycles. The molecule has 3 N–H and O–H groups in total. The molecule has 0 aromatic heterocycles. The zero-order valence-electron chi connectivity index (χ0n) is 61.7. The standard InChI is InChI=1S/C84H165NO5/c1-3-5-7-9-11-13-15-17-19-21-23-41-44-48-52-56-60-64-68-72-76-82(87)81(80-86)85-83(88)77-73-69-65-61-57-53-49-45-42-39-37-35-33-31-29-27-25-24-26-28-30-32-34-36-38-40-43-47-51-55-59-63-67-71-75-79-90-84(89)78-74-70-66-62-58-54-50-46-22-20-18-16-14-12-10-8-6-4-2/h72,76,81-82,86-87H,3-71,73-75,77-80H2,1-2H3,(H,85,88)/b76-72+. The molecule has 0 spiro atoms. The summed E-state index contributed by atoms with van der Waals surface area (Å²) in [6.45, 7) is 4.97. The van der Waals surface area contributed by atoms with E-state index < -0.39 is 12.1 Å². The number of unbranched alkanes of at least 4 members (excludes halogenated alkanes) is 69. The van der Waals surface area contributed by atoms with E-state index in [1.807, 2.05) is 6.08 Å². The number of carbonyl (C=O) groups is 2. The van der Waals surface area contributed by atoms with E-state index in [1.165, 1.54) is 424 Å². The quantitative estimate of drug-likeness (QED) is 0.0320. The van der Waals surface area contributed by atoms with Gasteiger partial charge in [-0.3, -0.25) is 9.59 Å². The van der Waals surface area contributed by atoms with Crippen LogP contribution in [0.3, 0.4) is 0 Å². The average molecular weight is 1270 g/mol. The van der Waals surface area contributed by atoms with E-state index in [-0.39, 0.29) is 18.5 Å². The van der Waals surface area contributed by atoms with Gasteiger partial charge in [0, 0.05) is 12.8 Å². The minimum absolute atomic E-state index is 0.0282. The van der Waals surface area contributed by atoms with Crippen molar-refractivity contribution >= 4 is 11.9 Å². The summed E-state index contributed by atoms with van der Waals surface area (Å²) in [4.78, 5) is 24.7. The first-order valence-electron chi connectivity index (χ1n) is 42.0. The molecule has 0 saturated heterocycles. The first-order valence-corrected chi connectivity index (χ1v) is 42.0. The van der Waals surface area contributed by atoms with Crippen molar-refractivity contribution in [1.29, 1.82) is 0 Å². The lowest BCUT2D eigenvalue weighted by Crippen LogP contribution is -2.45. The highest BCUT2D eigenvalue weighted by molar-refractivity contribution is 5.76. The van der Waals surface area contributed by atoms with Gasteiger partial charge in [-0.2, -0.15) is 0 Å². The van der Waals surface area contributed by atoms with Gasteiger partial charge in [0.2, 0.25) is 5.91 Å². The lowest BCUT2D eigenvalue weighted by molar-refractivity contribution is -0.143. The average Bonchev–Trinajstić information content (AvgIpc) is 3.68. The summed E-state index contributed by atoms with van der Waals surface area (Å²) in [6.07, 6.45) is 102. The fourth-order valence-electron chi connectivity index (χ4n) is 13.7. The van der Waals surface area contributed by atoms with E-state index in [9.17, 15) is 19.8 Å². The van der Waals surface area contributed by atoms with Crippen LogP contribution in [0.25, 0.3) is 0 Å². The molecule has 6 nitrogen and oxygen atoms in total. The summed E-state index contributed by atoms with van der Waals surface area (Å²) in [5, 5.41) is 23.3. The molecule has 0 aliphatic carbocycles. The van der Waals surface area contributed by atoms with E-state index in [0.717, 1.165) is 38.5 Å². The molecular weight excluding hydrogens is 1100 g/mol. The van der Waals surface area contributed by atoms with Crippen molar-refractivity contribution in [2.24, 2.45) is 0 Å². The van der Waals surface area contributed by atoms with Crippen LogP contribution in [-0.4, -0.2) is 47.4 Å². The van der Waals surface area contributed by atoms with Crippen LogP contribution in [0.1, 0.15) is 489 Å². The second kappa shape index (κ2) is 80.0. The van der Waals surface area contributed by atoms with E-state index in [2.05, 4.69) is 19.2 Å². The monoisotopic (exact) mass is 1270 g/mol. The number of hydrogen-bond donors (Lipinski definition) is 3. The molecule has 1 amide bonds. The van der Waals surface area contributed by atoms with Crippen LogP contribution in [0.2, 0.25) is 0 Å². The first kappa shape index (κ1) is 88.6. The number of carbonyl (C=O) groups excluding carboxylic acids is 2. The van der Waals surface area contributed by atoms with Gasteiger partial charge in [-0.1, -0.05) is 456 Å². The summed E-state index contributed by atoms with van der Waals surface area (Å²) in [5.41, 5.74) is 0. The summed E-state index contributed by atoms with van der Waals surface area (Å²) in [6, 6.07) is -0.624. The van der Waals surface area contributed by atoms with Crippen LogP contribution < -0.4 is 5.32 Å². The second-order valence-corrected chi connectivity index (χ2v) is 29.2. The predicted octanol–water partition coefficient (Wildman–Crippen LogP) is 27.8. The lowest BCUT2D eigenvalue weighted by Gasteiger charge is -2.20. The summed E-state index contributed by atoms with van der Waals surface area (Å²) in [5.74, 6) is -0.0292. The van der Waals surface area contributed by atoms with Crippen molar-refractivity contribution in [3.05, 3.63) is 12.2 Å². The Kier molecular flexibility index (Phi) is 78.8. The van der Waals surface area contributed by atoms with Crippen molar-refractivity contribution in [2.45, 2.75) is 501 Å². The van der Waals surface area contributed by atoms with E-state index >= 15 is 0 Å². The highest BCUT2D eigenvalue weighted by Gasteiger charge is 2.18. The molecule has 0 aliphatic rings. The maximum atomic E-state index is 12.5. The number of aliphatic hydroxyl groups excluding tert-OH is 2. The van der Waals surface area contributed by atoms with Gasteiger partial charge in [0.25, 0.3) is 0 Å². The van der Waals surface area contributed by atoms with E-state index in [4.69, 9.17) is 4.74 Å². The maximum Gasteiger partial charge on any atom is 0.305 e. The number of hydrogen-bond acceptors (Lipinski definition) is 5. The smallest absolute Gasteiger partial charge is 0.305 e. The number of aliphatic hydroxyl groups is 2. The first-order chi connectivity index (χ1) is 44.5. The Morgan fingerprint density at radius 3 is 0.756 bits per heavy atom. The molecule has 0 aromatic rings. The van der Waals surface area contributed by atoms with Gasteiger partial charge < -0.3 is 20.3 Å². The van der Waals surface area contributed by atoms with E-state index in [1.54, 1.807) is 6.08 Å². The SMILES string of the molecule is CCCCCCCCCCCCCCCCCCCC/C=C/C(O)C(CO)NC(=O)CCCCCCCCCCCCCCCCCCCCCCCCCCCCCCCCCCCCCOC(=O)CCCCCCCCCCCCCCCCCCCC. The third-order valence-electron chi connectivity index (χ3n) is 20.1. The number of nitrogens with one attached hydrogen (secondary N) is 1. The number of ether oxygens (including phenoxy) is 1. The molecule has 0 bridgehead atoms. The molecular formula is C84H165NO5. The molecule has 0 saturated carbocycles. The Labute approximate surface area is 565 Å². The van der Waals surface area contributed by atoms with Crippen LogP contribution in [0.5, 0.6) is 0 Å². The summed E-state index contributed by atoms with van der Waals surface area (Å²) in [7, 11) is 0. The van der Waals surface area contributed by atoms with Gasteiger partial charge in [-0.05, 0) is 32.1 Å². The van der Waals surface area contributed by atoms with Gasteiger partial charge in [0.05, 0.1) is 25.4 Å². The van der Waals surface area contributed by atoms with Gasteiger partial charge in [0.1, 0.15) is 0 Å². The molecule has 0 heterocycles. The predicted molar refractivity (Wildman–Crippen MR) is 398 cm³/mol. The van der Waals surface area contributed by atoms with Crippen molar-refractivity contribution in [3.63, 3.8) is 0 Å². The molecule has 0 radical (unpaired) electrons. The normalized spacial score (nSPS) is 12.4. The largest absolute Gasteiger partial charge is 0.466 e. The number of allylic oxidation sites excluding steroid dienone is 1. The molecule has 2 unspecified atom stereocenters. The van der Waals surface area contributed by atoms with Crippen molar-refractivity contribution in [2.75, 3.05) is 13.2 Å². The van der Waals surface area contributed by atoms with Crippen molar-refractivity contribution in [1.82, 2.24) is 5.32 Å². The number of rotatable bonds is 80. The number of amides is 1. The molecule has 90 heavy (non-hydrogen) atoms. The van der Waals surface area contributed by atoms with Crippen molar-refractivity contribution < 1.29 is 24.5 Å². The molecule has 0 aliphatic heterocycles. The molecule has 2 atom stereocenters. The molecule has 6 heteroatoms. The van der Waals surface area contributed by atoms with Crippen molar-refractivity contribution in [3.8, 4) is 0 Å². The fraction of sp³-hybridized carbons (Fsp3) is 0.952. The summed E-state index contributed by atoms with van der Waals surface area (Å²) < 4.78 is 5.52. The highest BCUT2D eigenvalue weighted by Crippen LogP contribution is 2.21. The Hall–Kier alpha value is -1.40. The lowest BCUT2D eigenvalue weighted by atomic mass is 10.0. The van der Waals surface area contributed by atoms with E-state index in [0.29, 0.717) is 19.4 Å². The molecule has 536 valence electrons. The molecule has 0 fully saturated rings. The van der Waals surface area contributed by atoms with Crippen LogP contribution >= 0.6 is 0 Å². The Morgan fingerprint density at radius 2 is 0.511 bits per heavy atom. The number of esters is 1. The minimum atomic E-state index is -0.841. The highest BCUT2D eigenvalue weighted by atomic mass is 16.5. The second-order valence-electron chi connectivity index (χ2n) is 29.2. The Morgan fingerprint density at radius 1 is 0.300 bits per heavy atom. The third-order valence-corrected chi connectivity index (χ3v) is 20.1. The van der Waals surface area contributed by atoms with Gasteiger partial charge in [-0.15, -0.1) is 0 Å².